The molecule has 0 aliphatic rings. The van der Waals surface area contributed by atoms with Crippen LogP contribution in [-0.2, 0) is 4.74 Å². The van der Waals surface area contributed by atoms with Crippen molar-refractivity contribution in [2.24, 2.45) is 0 Å². The summed E-state index contributed by atoms with van der Waals surface area (Å²) in [4.78, 5) is 11.3. The normalized spacial score (nSPS) is 10.1. The van der Waals surface area contributed by atoms with E-state index in [-0.39, 0.29) is 22.6 Å². The number of esters is 1. The molecule has 1 rings (SSSR count). The molecule has 17 heavy (non-hydrogen) atoms. The highest BCUT2D eigenvalue weighted by Gasteiger charge is 2.20. The summed E-state index contributed by atoms with van der Waals surface area (Å²) < 4.78 is 30.0. The highest BCUT2D eigenvalue weighted by atomic mass is 32.1. The third kappa shape index (κ3) is 2.94. The number of halogens is 2. The first-order valence-corrected chi connectivity index (χ1v) is 5.18. The number of carbonyl (C=O) groups is 1. The van der Waals surface area contributed by atoms with Crippen LogP contribution in [0.3, 0.4) is 0 Å². The summed E-state index contributed by atoms with van der Waals surface area (Å²) in [5.74, 6) is -0.767. The van der Waals surface area contributed by atoms with Crippen LogP contribution < -0.4 is 0 Å². The Labute approximate surface area is 102 Å². The van der Waals surface area contributed by atoms with Crippen molar-refractivity contribution in [3.8, 4) is 6.07 Å². The van der Waals surface area contributed by atoms with E-state index in [0.29, 0.717) is 0 Å². The molecule has 1 aromatic rings. The molecule has 0 radical (unpaired) electrons. The molecule has 90 valence electrons. The number of benzene rings is 1. The lowest BCUT2D eigenvalue weighted by Gasteiger charge is -2.10. The molecule has 6 heteroatoms. The average molecular weight is 257 g/mol. The summed E-state index contributed by atoms with van der Waals surface area (Å²) in [6, 6.07) is 3.91. The molecular formula is C11H9F2NO2S. The van der Waals surface area contributed by atoms with E-state index in [1.807, 2.05) is 0 Å². The molecule has 0 heterocycles. The van der Waals surface area contributed by atoms with Crippen LogP contribution in [0, 0.1) is 11.3 Å². The van der Waals surface area contributed by atoms with Gasteiger partial charge in [-0.2, -0.15) is 5.26 Å². The number of carbonyl (C=O) groups excluding carboxylic acids is 1. The number of ether oxygens (including phenoxy) is 1. The third-order valence-electron chi connectivity index (χ3n) is 2.00. The Bertz CT molecular complexity index is 483. The smallest absolute Gasteiger partial charge is 0.339 e. The van der Waals surface area contributed by atoms with E-state index < -0.39 is 18.0 Å². The molecule has 0 aliphatic carbocycles. The number of hydrogen-bond donors (Lipinski definition) is 1. The SMILES string of the molecule is CCOC(=O)c1cc(C#N)cc(C(F)F)c1S. The van der Waals surface area contributed by atoms with Crippen molar-refractivity contribution >= 4 is 18.6 Å². The van der Waals surface area contributed by atoms with Gasteiger partial charge in [0.15, 0.2) is 0 Å². The van der Waals surface area contributed by atoms with E-state index in [2.05, 4.69) is 12.6 Å². The highest BCUT2D eigenvalue weighted by molar-refractivity contribution is 7.80. The maximum absolute atomic E-state index is 12.7. The molecule has 0 atom stereocenters. The quantitative estimate of drug-likeness (QED) is 0.669. The Kier molecular flexibility index (Phi) is 4.46. The third-order valence-corrected chi connectivity index (χ3v) is 2.50. The molecule has 0 N–H and O–H groups in total. The second-order valence-electron chi connectivity index (χ2n) is 3.09. The summed E-state index contributed by atoms with van der Waals surface area (Å²) in [5.41, 5.74) is -0.596. The van der Waals surface area contributed by atoms with Gasteiger partial charge >= 0.3 is 5.97 Å². The van der Waals surface area contributed by atoms with Crippen molar-refractivity contribution < 1.29 is 18.3 Å². The Morgan fingerprint density at radius 3 is 2.71 bits per heavy atom. The van der Waals surface area contributed by atoms with Gasteiger partial charge in [-0.1, -0.05) is 0 Å². The minimum atomic E-state index is -2.80. The topological polar surface area (TPSA) is 50.1 Å². The second kappa shape index (κ2) is 5.64. The van der Waals surface area contributed by atoms with Gasteiger partial charge < -0.3 is 4.74 Å². The lowest BCUT2D eigenvalue weighted by molar-refractivity contribution is 0.0521. The Hall–Kier alpha value is -1.61. The predicted octanol–water partition coefficient (Wildman–Crippen LogP) is 2.96. The molecule has 0 saturated heterocycles. The summed E-state index contributed by atoms with van der Waals surface area (Å²) in [6.45, 7) is 1.71. The minimum Gasteiger partial charge on any atom is -0.462 e. The van der Waals surface area contributed by atoms with Gasteiger partial charge in [0.1, 0.15) is 0 Å². The maximum atomic E-state index is 12.7. The zero-order valence-corrected chi connectivity index (χ0v) is 9.80. The highest BCUT2D eigenvalue weighted by Crippen LogP contribution is 2.30. The number of alkyl halides is 2. The van der Waals surface area contributed by atoms with Gasteiger partial charge in [0, 0.05) is 10.5 Å². The number of thiol groups is 1. The van der Waals surface area contributed by atoms with Crippen LogP contribution >= 0.6 is 12.6 Å². The number of rotatable bonds is 3. The van der Waals surface area contributed by atoms with E-state index in [4.69, 9.17) is 10.00 Å². The first kappa shape index (κ1) is 13.5. The lowest BCUT2D eigenvalue weighted by atomic mass is 10.1. The van der Waals surface area contributed by atoms with Gasteiger partial charge in [-0.3, -0.25) is 0 Å². The lowest BCUT2D eigenvalue weighted by Crippen LogP contribution is -2.08. The molecule has 0 fully saturated rings. The predicted molar refractivity (Wildman–Crippen MR) is 59.3 cm³/mol. The van der Waals surface area contributed by atoms with Gasteiger partial charge in [-0.25, -0.2) is 13.6 Å². The van der Waals surface area contributed by atoms with E-state index in [1.165, 1.54) is 6.07 Å². The van der Waals surface area contributed by atoms with Crippen LogP contribution in [0.1, 0.15) is 34.8 Å². The molecule has 0 amide bonds. The fourth-order valence-corrected chi connectivity index (χ4v) is 1.57. The minimum absolute atomic E-state index is 0.0267. The summed E-state index contributed by atoms with van der Waals surface area (Å²) in [5, 5.41) is 8.70. The number of nitrogens with zero attached hydrogens (tertiary/aromatic N) is 1. The van der Waals surface area contributed by atoms with Crippen molar-refractivity contribution in [3.05, 3.63) is 28.8 Å². The van der Waals surface area contributed by atoms with Gasteiger partial charge in [0.25, 0.3) is 6.43 Å². The van der Waals surface area contributed by atoms with Crippen molar-refractivity contribution in [2.45, 2.75) is 18.2 Å². The summed E-state index contributed by atoms with van der Waals surface area (Å²) >= 11 is 3.88. The van der Waals surface area contributed by atoms with Crippen LogP contribution in [0.15, 0.2) is 17.0 Å². The Balaban J connectivity index is 3.35. The first-order chi connectivity index (χ1) is 8.01. The molecular weight excluding hydrogens is 248 g/mol. The zero-order valence-electron chi connectivity index (χ0n) is 8.91. The molecule has 0 unspecified atom stereocenters. The van der Waals surface area contributed by atoms with E-state index in [9.17, 15) is 13.6 Å². The van der Waals surface area contributed by atoms with E-state index in [1.54, 1.807) is 13.0 Å². The van der Waals surface area contributed by atoms with E-state index in [0.717, 1.165) is 6.07 Å². The second-order valence-corrected chi connectivity index (χ2v) is 3.54. The van der Waals surface area contributed by atoms with Crippen LogP contribution in [0.25, 0.3) is 0 Å². The first-order valence-electron chi connectivity index (χ1n) is 4.73. The number of hydrogen-bond acceptors (Lipinski definition) is 4. The van der Waals surface area contributed by atoms with Gasteiger partial charge in [0.2, 0.25) is 0 Å². The molecule has 0 spiro atoms. The molecule has 1 aromatic carbocycles. The summed E-state index contributed by atoms with van der Waals surface area (Å²) in [6.07, 6.45) is -2.80. The fourth-order valence-electron chi connectivity index (χ4n) is 1.25. The largest absolute Gasteiger partial charge is 0.462 e. The van der Waals surface area contributed by atoms with Crippen LogP contribution in [0.2, 0.25) is 0 Å². The van der Waals surface area contributed by atoms with E-state index >= 15 is 0 Å². The van der Waals surface area contributed by atoms with Crippen molar-refractivity contribution in [1.29, 1.82) is 5.26 Å². The van der Waals surface area contributed by atoms with Crippen molar-refractivity contribution in [1.82, 2.24) is 0 Å². The molecule has 0 aromatic heterocycles. The zero-order chi connectivity index (χ0) is 13.0. The van der Waals surface area contributed by atoms with Crippen LogP contribution in [0.4, 0.5) is 8.78 Å². The monoisotopic (exact) mass is 257 g/mol. The van der Waals surface area contributed by atoms with Crippen LogP contribution in [-0.4, -0.2) is 12.6 Å². The van der Waals surface area contributed by atoms with Gasteiger partial charge in [-0.15, -0.1) is 12.6 Å². The molecule has 0 saturated carbocycles. The molecule has 3 nitrogen and oxygen atoms in total. The van der Waals surface area contributed by atoms with Crippen LogP contribution in [0.5, 0.6) is 0 Å². The Morgan fingerprint density at radius 1 is 1.59 bits per heavy atom. The van der Waals surface area contributed by atoms with Crippen molar-refractivity contribution in [2.75, 3.05) is 6.61 Å². The average Bonchev–Trinajstić information content (AvgIpc) is 2.29. The number of nitriles is 1. The molecule has 0 bridgehead atoms. The van der Waals surface area contributed by atoms with Gasteiger partial charge in [0.05, 0.1) is 23.8 Å². The van der Waals surface area contributed by atoms with Gasteiger partial charge in [-0.05, 0) is 19.1 Å². The Morgan fingerprint density at radius 2 is 2.24 bits per heavy atom. The standard InChI is InChI=1S/C11H9F2NO2S/c1-2-16-11(15)8-4-6(5-14)3-7(9(8)17)10(12)13/h3-4,10,17H,2H2,1H3. The summed E-state index contributed by atoms with van der Waals surface area (Å²) in [7, 11) is 0. The molecule has 0 aliphatic heterocycles. The fraction of sp³-hybridized carbons (Fsp3) is 0.273. The maximum Gasteiger partial charge on any atom is 0.339 e. The van der Waals surface area contributed by atoms with Crippen molar-refractivity contribution in [3.63, 3.8) is 0 Å².